The van der Waals surface area contributed by atoms with Crippen LogP contribution in [0.5, 0.6) is 0 Å². The first-order chi connectivity index (χ1) is 10.9. The lowest BCUT2D eigenvalue weighted by Crippen LogP contribution is -2.32. The van der Waals surface area contributed by atoms with Crippen LogP contribution in [0.15, 0.2) is 22.0 Å². The minimum Gasteiger partial charge on any atom is -0.273 e. The minimum atomic E-state index is -2.83. The van der Waals surface area contributed by atoms with Crippen molar-refractivity contribution in [1.29, 1.82) is 0 Å². The Hall–Kier alpha value is -1.49. The summed E-state index contributed by atoms with van der Waals surface area (Å²) in [6.07, 6.45) is 0.507. The zero-order chi connectivity index (χ0) is 17.0. The van der Waals surface area contributed by atoms with E-state index in [4.69, 9.17) is 0 Å². The summed E-state index contributed by atoms with van der Waals surface area (Å²) in [7, 11) is 0. The Morgan fingerprint density at radius 2 is 2.22 bits per heavy atom. The maximum absolute atomic E-state index is 13.0. The number of halogens is 3. The molecule has 0 saturated carbocycles. The van der Waals surface area contributed by atoms with Crippen molar-refractivity contribution in [1.82, 2.24) is 24.7 Å². The molecule has 2 heterocycles. The van der Waals surface area contributed by atoms with Crippen LogP contribution in [0.4, 0.5) is 8.78 Å². The van der Waals surface area contributed by atoms with Crippen LogP contribution >= 0.6 is 27.7 Å². The molecule has 1 atom stereocenters. The molecule has 0 unspecified atom stereocenters. The summed E-state index contributed by atoms with van der Waals surface area (Å²) in [5, 5.41) is 11.4. The lowest BCUT2D eigenvalue weighted by atomic mass is 10.2. The number of carbonyl (C=O) groups excluding carboxylic acids is 1. The maximum Gasteiger partial charge on any atom is 0.299 e. The molecular weight excluding hydrogens is 394 g/mol. The van der Waals surface area contributed by atoms with Gasteiger partial charge in [-0.1, -0.05) is 25.6 Å². The van der Waals surface area contributed by atoms with E-state index in [1.165, 1.54) is 11.8 Å². The molecule has 0 aliphatic heterocycles. The van der Waals surface area contributed by atoms with Crippen LogP contribution < -0.4 is 5.43 Å². The van der Waals surface area contributed by atoms with Gasteiger partial charge in [-0.15, -0.1) is 10.2 Å². The molecule has 1 N–H and O–H groups in total. The normalized spacial score (nSPS) is 12.6. The van der Waals surface area contributed by atoms with Gasteiger partial charge in [0.2, 0.25) is 16.9 Å². The second kappa shape index (κ2) is 7.86. The van der Waals surface area contributed by atoms with Gasteiger partial charge in [0.25, 0.3) is 6.43 Å². The van der Waals surface area contributed by atoms with Gasteiger partial charge < -0.3 is 0 Å². The lowest BCUT2D eigenvalue weighted by Gasteiger charge is -2.15. The van der Waals surface area contributed by atoms with Gasteiger partial charge in [-0.25, -0.2) is 13.5 Å². The van der Waals surface area contributed by atoms with Crippen molar-refractivity contribution in [2.45, 2.75) is 32.0 Å². The van der Waals surface area contributed by atoms with Crippen molar-refractivity contribution in [2.24, 2.45) is 5.92 Å². The molecule has 2 rings (SSSR count). The third-order valence-corrected chi connectivity index (χ3v) is 4.08. The van der Waals surface area contributed by atoms with Crippen LogP contribution in [0.25, 0.3) is 0 Å². The minimum absolute atomic E-state index is 0.227. The molecule has 0 fully saturated rings. The average Bonchev–Trinajstić information content (AvgIpc) is 3.06. The fourth-order valence-electron chi connectivity index (χ4n) is 1.77. The van der Waals surface area contributed by atoms with E-state index in [0.717, 1.165) is 9.15 Å². The molecule has 2 aromatic rings. The summed E-state index contributed by atoms with van der Waals surface area (Å²) in [6.45, 7) is 3.86. The number of thioether (sulfide) groups is 1. The fourth-order valence-corrected chi connectivity index (χ4v) is 2.73. The Labute approximate surface area is 143 Å². The fraction of sp³-hybridized carbons (Fsp3) is 0.500. The van der Waals surface area contributed by atoms with E-state index in [0.29, 0.717) is 12.3 Å². The van der Waals surface area contributed by atoms with Crippen LogP contribution in [0.3, 0.4) is 0 Å². The van der Waals surface area contributed by atoms with E-state index in [1.54, 1.807) is 24.0 Å². The quantitative estimate of drug-likeness (QED) is 0.712. The molecule has 1 amide bonds. The lowest BCUT2D eigenvalue weighted by molar-refractivity contribution is -0.120. The molecule has 0 aromatic carbocycles. The van der Waals surface area contributed by atoms with Crippen molar-refractivity contribution in [2.75, 3.05) is 11.2 Å². The molecule has 0 bridgehead atoms. The van der Waals surface area contributed by atoms with Crippen LogP contribution in [0.2, 0.25) is 0 Å². The largest absolute Gasteiger partial charge is 0.299 e. The molecule has 23 heavy (non-hydrogen) atoms. The number of amides is 1. The molecule has 0 saturated heterocycles. The summed E-state index contributed by atoms with van der Waals surface area (Å²) in [5.41, 5.74) is 2.45. The van der Waals surface area contributed by atoms with Gasteiger partial charge in [-0.3, -0.25) is 14.9 Å². The average molecular weight is 409 g/mol. The summed E-state index contributed by atoms with van der Waals surface area (Å²) in [6, 6.07) is 0. The highest BCUT2D eigenvalue weighted by atomic mass is 79.9. The van der Waals surface area contributed by atoms with Crippen molar-refractivity contribution >= 4 is 33.6 Å². The number of nitrogens with one attached hydrogen (secondary N) is 1. The highest BCUT2D eigenvalue weighted by molar-refractivity contribution is 9.10. The number of hydrogen-bond donors (Lipinski definition) is 1. The van der Waals surface area contributed by atoms with Crippen LogP contribution in [0.1, 0.15) is 26.1 Å². The van der Waals surface area contributed by atoms with Gasteiger partial charge in [-0.05, 0) is 21.7 Å². The predicted octanol–water partition coefficient (Wildman–Crippen LogP) is 2.69. The van der Waals surface area contributed by atoms with Gasteiger partial charge in [0.15, 0.2) is 0 Å². The second-order valence-corrected chi connectivity index (χ2v) is 6.81. The molecule has 11 heteroatoms. The monoisotopic (exact) mass is 408 g/mol. The SMILES string of the molecule is CCSc1nnc(C(F)F)n1NC(=O)[C@H](C)Cn1cc(Br)cn1. The number of aromatic nitrogens is 5. The first-order valence-electron chi connectivity index (χ1n) is 6.77. The number of alkyl halides is 2. The van der Waals surface area contributed by atoms with Crippen molar-refractivity contribution in [3.05, 3.63) is 22.7 Å². The Morgan fingerprint density at radius 3 is 2.78 bits per heavy atom. The summed E-state index contributed by atoms with van der Waals surface area (Å²) in [4.78, 5) is 12.3. The smallest absolute Gasteiger partial charge is 0.273 e. The maximum atomic E-state index is 13.0. The van der Waals surface area contributed by atoms with E-state index in [1.807, 2.05) is 6.92 Å². The Kier molecular flexibility index (Phi) is 6.10. The van der Waals surface area contributed by atoms with Crippen molar-refractivity contribution < 1.29 is 13.6 Å². The summed E-state index contributed by atoms with van der Waals surface area (Å²) < 4.78 is 29.3. The summed E-state index contributed by atoms with van der Waals surface area (Å²) in [5.74, 6) is -0.859. The van der Waals surface area contributed by atoms with Crippen LogP contribution in [-0.2, 0) is 11.3 Å². The second-order valence-electron chi connectivity index (χ2n) is 4.67. The van der Waals surface area contributed by atoms with Gasteiger partial charge in [0.05, 0.1) is 23.1 Å². The third-order valence-electron chi connectivity index (χ3n) is 2.86. The number of carbonyl (C=O) groups is 1. The molecule has 126 valence electrons. The van der Waals surface area contributed by atoms with Crippen LogP contribution in [-0.4, -0.2) is 36.3 Å². The van der Waals surface area contributed by atoms with E-state index in [9.17, 15) is 13.6 Å². The topological polar surface area (TPSA) is 77.6 Å². The Bertz CT molecular complexity index is 676. The zero-order valence-corrected chi connectivity index (χ0v) is 14.8. The highest BCUT2D eigenvalue weighted by Crippen LogP contribution is 2.22. The van der Waals surface area contributed by atoms with E-state index >= 15 is 0 Å². The number of nitrogens with zero attached hydrogens (tertiary/aromatic N) is 5. The molecule has 0 spiro atoms. The summed E-state index contributed by atoms with van der Waals surface area (Å²) >= 11 is 4.49. The molecule has 2 aromatic heterocycles. The van der Waals surface area contributed by atoms with Gasteiger partial charge in [0, 0.05) is 6.20 Å². The van der Waals surface area contributed by atoms with E-state index in [2.05, 4.69) is 36.7 Å². The van der Waals surface area contributed by atoms with Crippen molar-refractivity contribution in [3.63, 3.8) is 0 Å². The first kappa shape index (κ1) is 17.9. The van der Waals surface area contributed by atoms with Gasteiger partial charge in [0.1, 0.15) is 0 Å². The molecular formula is C12H15BrF2N6OS. The Balaban J connectivity index is 2.10. The van der Waals surface area contributed by atoms with Gasteiger partial charge in [-0.2, -0.15) is 5.10 Å². The molecule has 7 nitrogen and oxygen atoms in total. The van der Waals surface area contributed by atoms with Crippen molar-refractivity contribution in [3.8, 4) is 0 Å². The number of rotatable bonds is 7. The molecule has 0 radical (unpaired) electrons. The van der Waals surface area contributed by atoms with E-state index < -0.39 is 24.1 Å². The third kappa shape index (κ3) is 4.50. The molecule has 0 aliphatic carbocycles. The van der Waals surface area contributed by atoms with E-state index in [-0.39, 0.29) is 5.16 Å². The molecule has 0 aliphatic rings. The highest BCUT2D eigenvalue weighted by Gasteiger charge is 2.23. The van der Waals surface area contributed by atoms with Crippen LogP contribution in [0, 0.1) is 5.92 Å². The standard InChI is InChI=1S/C12H15BrF2N6OS/c1-3-23-12-18-17-10(9(14)15)21(12)19-11(22)7(2)5-20-6-8(13)4-16-20/h4,6-7,9H,3,5H2,1-2H3,(H,19,22)/t7-/m1/s1. The zero-order valence-electron chi connectivity index (χ0n) is 12.4. The first-order valence-corrected chi connectivity index (χ1v) is 8.55. The number of hydrogen-bond acceptors (Lipinski definition) is 5. The van der Waals surface area contributed by atoms with Gasteiger partial charge >= 0.3 is 0 Å². The predicted molar refractivity (Wildman–Crippen MR) is 84.8 cm³/mol. The Morgan fingerprint density at radius 1 is 1.48 bits per heavy atom.